The molecular formula is C23H27FN4O4. The third-order valence-electron chi connectivity index (χ3n) is 6.48. The Balaban J connectivity index is 1.62. The van der Waals surface area contributed by atoms with Crippen molar-refractivity contribution >= 4 is 11.8 Å². The van der Waals surface area contributed by atoms with Crippen LogP contribution in [0.1, 0.15) is 46.7 Å². The number of aromatic nitrogens is 1. The average molecular weight is 442 g/mol. The summed E-state index contributed by atoms with van der Waals surface area (Å²) < 4.78 is 14.6. The van der Waals surface area contributed by atoms with Gasteiger partial charge in [-0.15, -0.1) is 0 Å². The van der Waals surface area contributed by atoms with E-state index >= 15 is 0 Å². The van der Waals surface area contributed by atoms with Crippen LogP contribution < -0.4 is 10.7 Å². The maximum Gasteiger partial charge on any atom is 0.275 e. The van der Waals surface area contributed by atoms with Crippen molar-refractivity contribution in [2.45, 2.75) is 45.6 Å². The van der Waals surface area contributed by atoms with Crippen LogP contribution in [-0.4, -0.2) is 57.1 Å². The summed E-state index contributed by atoms with van der Waals surface area (Å²) in [7, 11) is 1.97. The first kappa shape index (κ1) is 22.0. The molecule has 0 bridgehead atoms. The van der Waals surface area contributed by atoms with Gasteiger partial charge in [-0.2, -0.15) is 0 Å². The smallest absolute Gasteiger partial charge is 0.275 e. The number of nitrogens with one attached hydrogen (secondary N) is 1. The van der Waals surface area contributed by atoms with Crippen LogP contribution in [0.4, 0.5) is 4.39 Å². The standard InChI is InChI=1S/C23H27FN4O4/c1-13(2)17-8-9-28-18(26(17)3)12-27-11-16(20(29)21(30)19(27)23(28)32)22(31)25-10-14-4-6-15(24)7-5-14/h4-7,11,13,17-18,30H,8-10,12H2,1-3H3,(H,25,31)/t17-,18?/m1/s1. The van der Waals surface area contributed by atoms with Crippen LogP contribution >= 0.6 is 0 Å². The molecule has 3 heterocycles. The summed E-state index contributed by atoms with van der Waals surface area (Å²) in [5.41, 5.74) is -0.548. The third-order valence-corrected chi connectivity index (χ3v) is 6.48. The summed E-state index contributed by atoms with van der Waals surface area (Å²) in [5, 5.41) is 13.2. The van der Waals surface area contributed by atoms with Gasteiger partial charge in [-0.1, -0.05) is 26.0 Å². The van der Waals surface area contributed by atoms with Gasteiger partial charge in [0.25, 0.3) is 11.8 Å². The van der Waals surface area contributed by atoms with E-state index in [0.717, 1.165) is 6.42 Å². The van der Waals surface area contributed by atoms with Gasteiger partial charge in [0.05, 0.1) is 6.54 Å². The molecule has 32 heavy (non-hydrogen) atoms. The number of hydrogen-bond acceptors (Lipinski definition) is 5. The average Bonchev–Trinajstić information content (AvgIpc) is 2.76. The predicted molar refractivity (Wildman–Crippen MR) is 116 cm³/mol. The molecule has 4 rings (SSSR count). The summed E-state index contributed by atoms with van der Waals surface area (Å²) in [6.45, 7) is 5.26. The van der Waals surface area contributed by atoms with E-state index < -0.39 is 23.0 Å². The summed E-state index contributed by atoms with van der Waals surface area (Å²) in [5.74, 6) is -1.77. The van der Waals surface area contributed by atoms with Crippen molar-refractivity contribution < 1.29 is 19.1 Å². The highest BCUT2D eigenvalue weighted by atomic mass is 19.1. The lowest BCUT2D eigenvalue weighted by molar-refractivity contribution is -0.0353. The van der Waals surface area contributed by atoms with Crippen molar-refractivity contribution in [1.82, 2.24) is 19.7 Å². The van der Waals surface area contributed by atoms with Crippen LogP contribution in [0, 0.1) is 11.7 Å². The lowest BCUT2D eigenvalue weighted by Gasteiger charge is -2.50. The SMILES string of the molecule is CC(C)[C@H]1CCN2C(=O)c3c(O)c(=O)c(C(=O)NCc4ccc(F)cc4)cn3CC2N1C. The number of carbonyl (C=O) groups excluding carboxylic acids is 2. The number of benzene rings is 1. The van der Waals surface area contributed by atoms with Gasteiger partial charge in [0.1, 0.15) is 17.5 Å². The molecule has 2 aliphatic rings. The highest BCUT2D eigenvalue weighted by Crippen LogP contribution is 2.31. The maximum atomic E-state index is 13.1. The Bertz CT molecular complexity index is 1110. The van der Waals surface area contributed by atoms with Gasteiger partial charge in [0.2, 0.25) is 5.43 Å². The van der Waals surface area contributed by atoms with Crippen LogP contribution in [0.3, 0.4) is 0 Å². The van der Waals surface area contributed by atoms with E-state index in [2.05, 4.69) is 24.1 Å². The summed E-state index contributed by atoms with van der Waals surface area (Å²) in [6.07, 6.45) is 1.93. The van der Waals surface area contributed by atoms with Crippen LogP contribution in [-0.2, 0) is 13.1 Å². The predicted octanol–water partition coefficient (Wildman–Crippen LogP) is 1.77. The molecule has 2 aromatic rings. The molecule has 1 unspecified atom stereocenters. The van der Waals surface area contributed by atoms with Crippen molar-refractivity contribution in [1.29, 1.82) is 0 Å². The first-order valence-corrected chi connectivity index (χ1v) is 10.7. The molecule has 170 valence electrons. The minimum absolute atomic E-state index is 0.0854. The first-order valence-electron chi connectivity index (χ1n) is 10.7. The Morgan fingerprint density at radius 3 is 2.59 bits per heavy atom. The molecule has 0 saturated carbocycles. The van der Waals surface area contributed by atoms with E-state index in [4.69, 9.17) is 0 Å². The fourth-order valence-corrected chi connectivity index (χ4v) is 4.70. The summed E-state index contributed by atoms with van der Waals surface area (Å²) in [6, 6.07) is 5.93. The summed E-state index contributed by atoms with van der Waals surface area (Å²) >= 11 is 0. The van der Waals surface area contributed by atoms with Crippen molar-refractivity contribution in [2.75, 3.05) is 13.6 Å². The highest BCUT2D eigenvalue weighted by molar-refractivity contribution is 5.99. The van der Waals surface area contributed by atoms with Gasteiger partial charge in [-0.3, -0.25) is 19.3 Å². The van der Waals surface area contributed by atoms with Crippen LogP contribution in [0.2, 0.25) is 0 Å². The molecule has 1 saturated heterocycles. The number of aromatic hydroxyl groups is 1. The normalized spacial score (nSPS) is 20.8. The molecule has 0 radical (unpaired) electrons. The van der Waals surface area contributed by atoms with Crippen molar-refractivity contribution in [3.63, 3.8) is 0 Å². The third kappa shape index (κ3) is 3.77. The fraction of sp³-hybridized carbons (Fsp3) is 0.435. The Labute approximate surface area is 185 Å². The number of amides is 2. The van der Waals surface area contributed by atoms with E-state index in [0.29, 0.717) is 30.6 Å². The Kier molecular flexibility index (Phi) is 5.77. The number of nitrogens with zero attached hydrogens (tertiary/aromatic N) is 3. The largest absolute Gasteiger partial charge is 0.503 e. The molecular weight excluding hydrogens is 415 g/mol. The molecule has 1 aromatic carbocycles. The van der Waals surface area contributed by atoms with Crippen LogP contribution in [0.25, 0.3) is 0 Å². The lowest BCUT2D eigenvalue weighted by atomic mass is 9.94. The van der Waals surface area contributed by atoms with E-state index in [9.17, 15) is 23.9 Å². The molecule has 2 N–H and O–H groups in total. The molecule has 1 aromatic heterocycles. The zero-order valence-corrected chi connectivity index (χ0v) is 18.3. The number of halogens is 1. The van der Waals surface area contributed by atoms with E-state index in [1.165, 1.54) is 35.0 Å². The van der Waals surface area contributed by atoms with Crippen molar-refractivity contribution in [3.05, 3.63) is 63.3 Å². The van der Waals surface area contributed by atoms with Gasteiger partial charge in [0, 0.05) is 25.3 Å². The molecule has 2 atom stereocenters. The monoisotopic (exact) mass is 442 g/mol. The van der Waals surface area contributed by atoms with E-state index in [-0.39, 0.29) is 29.8 Å². The maximum absolute atomic E-state index is 13.1. The van der Waals surface area contributed by atoms with Gasteiger partial charge in [0.15, 0.2) is 11.4 Å². The minimum atomic E-state index is -0.884. The van der Waals surface area contributed by atoms with Gasteiger partial charge in [-0.05, 0) is 37.1 Å². The first-order chi connectivity index (χ1) is 15.2. The molecule has 9 heteroatoms. The number of fused-ring (bicyclic) bond motifs is 2. The second-order valence-electron chi connectivity index (χ2n) is 8.78. The summed E-state index contributed by atoms with van der Waals surface area (Å²) in [4.78, 5) is 42.3. The van der Waals surface area contributed by atoms with E-state index in [1.807, 2.05) is 7.05 Å². The van der Waals surface area contributed by atoms with Crippen LogP contribution in [0.15, 0.2) is 35.3 Å². The van der Waals surface area contributed by atoms with Gasteiger partial charge >= 0.3 is 0 Å². The lowest BCUT2D eigenvalue weighted by Crippen LogP contribution is -2.63. The Morgan fingerprint density at radius 2 is 1.94 bits per heavy atom. The number of pyridine rings is 1. The zero-order chi connectivity index (χ0) is 23.2. The number of likely N-dealkylation sites (N-methyl/N-ethyl adjacent to an activating group) is 1. The fourth-order valence-electron chi connectivity index (χ4n) is 4.70. The number of carbonyl (C=O) groups is 2. The molecule has 2 aliphatic heterocycles. The molecule has 2 amide bonds. The van der Waals surface area contributed by atoms with Crippen LogP contribution in [0.5, 0.6) is 5.75 Å². The molecule has 1 fully saturated rings. The van der Waals surface area contributed by atoms with Crippen molar-refractivity contribution in [2.24, 2.45) is 5.92 Å². The van der Waals surface area contributed by atoms with Gasteiger partial charge < -0.3 is 19.9 Å². The molecule has 0 aliphatic carbocycles. The minimum Gasteiger partial charge on any atom is -0.503 e. The topological polar surface area (TPSA) is 94.9 Å². The second-order valence-corrected chi connectivity index (χ2v) is 8.78. The molecule has 8 nitrogen and oxygen atoms in total. The highest BCUT2D eigenvalue weighted by Gasteiger charge is 2.42. The Morgan fingerprint density at radius 1 is 1.25 bits per heavy atom. The molecule has 0 spiro atoms. The quantitative estimate of drug-likeness (QED) is 0.753. The van der Waals surface area contributed by atoms with E-state index in [1.54, 1.807) is 4.90 Å². The number of rotatable bonds is 4. The zero-order valence-electron chi connectivity index (χ0n) is 18.3. The number of hydrogen-bond donors (Lipinski definition) is 2. The Hall–Kier alpha value is -3.20. The second kappa shape index (κ2) is 8.38. The van der Waals surface area contributed by atoms with Crippen molar-refractivity contribution in [3.8, 4) is 5.75 Å². The van der Waals surface area contributed by atoms with Gasteiger partial charge in [-0.25, -0.2) is 4.39 Å².